The highest BCUT2D eigenvalue weighted by Crippen LogP contribution is 2.04. The average Bonchev–Trinajstić information content (AvgIpc) is 2.31. The van der Waals surface area contributed by atoms with E-state index >= 15 is 0 Å². The summed E-state index contributed by atoms with van der Waals surface area (Å²) in [6.45, 7) is 2.04. The van der Waals surface area contributed by atoms with E-state index < -0.39 is 5.76 Å². The Morgan fingerprint density at radius 1 is 1.80 bits per heavy atom. The van der Waals surface area contributed by atoms with Gasteiger partial charge >= 0.3 is 5.76 Å². The Hall–Kier alpha value is -0.710. The van der Waals surface area contributed by atoms with Gasteiger partial charge in [-0.15, -0.1) is 0 Å². The summed E-state index contributed by atoms with van der Waals surface area (Å²) >= 11 is 1.68. The van der Waals surface area contributed by atoms with Crippen LogP contribution in [-0.2, 0) is 5.75 Å². The minimum absolute atomic E-state index is 0.480. The van der Waals surface area contributed by atoms with Crippen LogP contribution in [0.2, 0.25) is 0 Å². The number of nitrogens with one attached hydrogen (secondary N) is 1. The lowest BCUT2D eigenvalue weighted by Gasteiger charge is -1.88. The van der Waals surface area contributed by atoms with Crippen LogP contribution in [0.5, 0.6) is 0 Å². The Kier molecular flexibility index (Phi) is 2.56. The first kappa shape index (κ1) is 7.40. The molecule has 0 aliphatic rings. The van der Waals surface area contributed by atoms with Gasteiger partial charge in [0.25, 0.3) is 0 Å². The Morgan fingerprint density at radius 3 is 3.10 bits per heavy atom. The predicted octanol–water partition coefficient (Wildman–Crippen LogP) is 0.616. The molecule has 1 heterocycles. The van der Waals surface area contributed by atoms with Crippen LogP contribution in [0.1, 0.15) is 12.7 Å². The topological polar surface area (TPSA) is 58.9 Å². The molecule has 0 radical (unpaired) electrons. The van der Waals surface area contributed by atoms with E-state index in [-0.39, 0.29) is 0 Å². The molecule has 56 valence electrons. The normalized spacial score (nSPS) is 10.1. The van der Waals surface area contributed by atoms with Crippen molar-refractivity contribution in [1.82, 2.24) is 10.1 Å². The molecular formula is C5H8N2O2S. The first-order valence-electron chi connectivity index (χ1n) is 2.95. The molecule has 0 amide bonds. The molecule has 0 atom stereocenters. The first-order valence-corrected chi connectivity index (χ1v) is 4.11. The molecule has 10 heavy (non-hydrogen) atoms. The maximum atomic E-state index is 10.4. The number of thioether (sulfide) groups is 1. The maximum absolute atomic E-state index is 10.4. The van der Waals surface area contributed by atoms with E-state index in [1.54, 1.807) is 11.8 Å². The van der Waals surface area contributed by atoms with E-state index in [1.807, 2.05) is 6.92 Å². The molecule has 4 nitrogen and oxygen atoms in total. The second-order valence-corrected chi connectivity index (χ2v) is 2.95. The minimum Gasteiger partial charge on any atom is -0.296 e. The number of hydrogen-bond donors (Lipinski definition) is 1. The van der Waals surface area contributed by atoms with E-state index in [0.29, 0.717) is 11.6 Å². The van der Waals surface area contributed by atoms with Gasteiger partial charge in [0.2, 0.25) is 0 Å². The van der Waals surface area contributed by atoms with Crippen molar-refractivity contribution >= 4 is 11.8 Å². The summed E-state index contributed by atoms with van der Waals surface area (Å²) in [5, 5.41) is 3.49. The standard InChI is InChI=1S/C5H8N2O2S/c1-2-10-3-4-6-5(8)9-7-4/h2-3H2,1H3,(H,6,7,8). The molecular weight excluding hydrogens is 152 g/mol. The highest BCUT2D eigenvalue weighted by molar-refractivity contribution is 7.98. The molecule has 1 aromatic heterocycles. The molecule has 0 aromatic carbocycles. The van der Waals surface area contributed by atoms with Crippen molar-refractivity contribution < 1.29 is 4.52 Å². The third kappa shape index (κ3) is 1.91. The van der Waals surface area contributed by atoms with Crippen LogP contribution in [0.3, 0.4) is 0 Å². The molecule has 1 N–H and O–H groups in total. The smallest absolute Gasteiger partial charge is 0.296 e. The van der Waals surface area contributed by atoms with Crippen LogP contribution in [-0.4, -0.2) is 15.9 Å². The fraction of sp³-hybridized carbons (Fsp3) is 0.600. The zero-order valence-electron chi connectivity index (χ0n) is 5.59. The van der Waals surface area contributed by atoms with Crippen molar-refractivity contribution in [1.29, 1.82) is 0 Å². The van der Waals surface area contributed by atoms with Crippen molar-refractivity contribution in [2.45, 2.75) is 12.7 Å². The van der Waals surface area contributed by atoms with Gasteiger partial charge in [0.05, 0.1) is 5.75 Å². The lowest BCUT2D eigenvalue weighted by Crippen LogP contribution is -1.95. The number of H-pyrrole nitrogens is 1. The summed E-state index contributed by atoms with van der Waals surface area (Å²) in [5.41, 5.74) is 0. The Labute approximate surface area is 62.0 Å². The van der Waals surface area contributed by atoms with Crippen LogP contribution in [0.4, 0.5) is 0 Å². The van der Waals surface area contributed by atoms with Gasteiger partial charge in [-0.2, -0.15) is 11.8 Å². The minimum atomic E-state index is -0.480. The second-order valence-electron chi connectivity index (χ2n) is 1.68. The van der Waals surface area contributed by atoms with E-state index in [2.05, 4.69) is 14.7 Å². The van der Waals surface area contributed by atoms with Gasteiger partial charge in [0.15, 0.2) is 5.82 Å². The SMILES string of the molecule is CCSCc1noc(=O)[nH]1. The lowest BCUT2D eigenvalue weighted by atomic mass is 10.7. The summed E-state index contributed by atoms with van der Waals surface area (Å²) in [6, 6.07) is 0. The van der Waals surface area contributed by atoms with Gasteiger partial charge < -0.3 is 0 Å². The second kappa shape index (κ2) is 3.46. The van der Waals surface area contributed by atoms with Crippen LogP contribution in [0.15, 0.2) is 9.32 Å². The fourth-order valence-corrected chi connectivity index (χ4v) is 1.04. The number of aromatic nitrogens is 2. The van der Waals surface area contributed by atoms with Crippen molar-refractivity contribution in [2.75, 3.05) is 5.75 Å². The molecule has 0 aliphatic carbocycles. The van der Waals surface area contributed by atoms with Crippen LogP contribution in [0.25, 0.3) is 0 Å². The predicted molar refractivity (Wildman–Crippen MR) is 39.0 cm³/mol. The van der Waals surface area contributed by atoms with Gasteiger partial charge in [0, 0.05) is 0 Å². The fourth-order valence-electron chi connectivity index (χ4n) is 0.521. The molecule has 1 rings (SSSR count). The zero-order chi connectivity index (χ0) is 7.40. The van der Waals surface area contributed by atoms with E-state index in [1.165, 1.54) is 0 Å². The van der Waals surface area contributed by atoms with Crippen molar-refractivity contribution in [2.24, 2.45) is 0 Å². The van der Waals surface area contributed by atoms with Gasteiger partial charge in [-0.1, -0.05) is 12.1 Å². The lowest BCUT2D eigenvalue weighted by molar-refractivity contribution is 0.383. The van der Waals surface area contributed by atoms with E-state index in [9.17, 15) is 4.79 Å². The molecule has 0 spiro atoms. The van der Waals surface area contributed by atoms with Gasteiger partial charge in [-0.25, -0.2) is 4.79 Å². The molecule has 1 aromatic rings. The highest BCUT2D eigenvalue weighted by Gasteiger charge is 1.97. The maximum Gasteiger partial charge on any atom is 0.438 e. The number of aromatic amines is 1. The molecule has 0 saturated heterocycles. The summed E-state index contributed by atoms with van der Waals surface area (Å²) in [4.78, 5) is 12.8. The summed E-state index contributed by atoms with van der Waals surface area (Å²) < 4.78 is 4.29. The summed E-state index contributed by atoms with van der Waals surface area (Å²) in [7, 11) is 0. The molecule has 0 aliphatic heterocycles. The Balaban J connectivity index is 2.50. The molecule has 0 unspecified atom stereocenters. The van der Waals surface area contributed by atoms with Gasteiger partial charge in [-0.05, 0) is 5.75 Å². The third-order valence-corrected chi connectivity index (χ3v) is 1.81. The summed E-state index contributed by atoms with van der Waals surface area (Å²) in [5.74, 6) is 1.85. The van der Waals surface area contributed by atoms with Crippen molar-refractivity contribution in [3.63, 3.8) is 0 Å². The van der Waals surface area contributed by atoms with Gasteiger partial charge in [-0.3, -0.25) is 9.51 Å². The van der Waals surface area contributed by atoms with Crippen LogP contribution >= 0.6 is 11.8 Å². The quantitative estimate of drug-likeness (QED) is 0.704. The first-order chi connectivity index (χ1) is 4.83. The molecule has 5 heteroatoms. The third-order valence-electron chi connectivity index (χ3n) is 0.928. The number of nitrogens with zero attached hydrogens (tertiary/aromatic N) is 1. The molecule has 0 bridgehead atoms. The number of rotatable bonds is 3. The molecule has 0 fully saturated rings. The van der Waals surface area contributed by atoms with E-state index in [0.717, 1.165) is 5.75 Å². The van der Waals surface area contributed by atoms with Gasteiger partial charge in [0.1, 0.15) is 0 Å². The average molecular weight is 160 g/mol. The Morgan fingerprint density at radius 2 is 2.60 bits per heavy atom. The molecule has 0 saturated carbocycles. The Bertz CT molecular complexity index is 242. The largest absolute Gasteiger partial charge is 0.438 e. The van der Waals surface area contributed by atoms with E-state index in [4.69, 9.17) is 0 Å². The van der Waals surface area contributed by atoms with Crippen molar-refractivity contribution in [3.05, 3.63) is 16.4 Å². The van der Waals surface area contributed by atoms with Crippen LogP contribution in [0, 0.1) is 0 Å². The highest BCUT2D eigenvalue weighted by atomic mass is 32.2. The summed E-state index contributed by atoms with van der Waals surface area (Å²) in [6.07, 6.45) is 0. The monoisotopic (exact) mass is 160 g/mol. The number of hydrogen-bond acceptors (Lipinski definition) is 4. The zero-order valence-corrected chi connectivity index (χ0v) is 6.40. The van der Waals surface area contributed by atoms with Crippen LogP contribution < -0.4 is 5.76 Å². The van der Waals surface area contributed by atoms with Crippen molar-refractivity contribution in [3.8, 4) is 0 Å².